The maximum atomic E-state index is 12.9. The fourth-order valence-electron chi connectivity index (χ4n) is 5.76. The average molecular weight is 360 g/mol. The second-order valence-corrected chi connectivity index (χ2v) is 8.45. The molecule has 2 heterocycles. The number of carbonyl (C=O) groups is 3. The lowest BCUT2D eigenvalue weighted by Gasteiger charge is -2.51. The number of ketones is 1. The average Bonchev–Trinajstić information content (AvgIpc) is 3.03. The van der Waals surface area contributed by atoms with Crippen LogP contribution in [0.2, 0.25) is 0 Å². The van der Waals surface area contributed by atoms with E-state index in [1.54, 1.807) is 6.92 Å². The summed E-state index contributed by atoms with van der Waals surface area (Å²) in [5, 5.41) is 9.44. The predicted molar refractivity (Wildman–Crippen MR) is 90.6 cm³/mol. The molecule has 1 saturated heterocycles. The Morgan fingerprint density at radius 2 is 1.81 bits per heavy atom. The molecule has 0 aromatic carbocycles. The zero-order valence-corrected chi connectivity index (χ0v) is 15.3. The van der Waals surface area contributed by atoms with E-state index in [9.17, 15) is 19.5 Å². The fraction of sp³-hybridized carbons (Fsp3) is 0.650. The number of ether oxygens (including phenoxy) is 2. The van der Waals surface area contributed by atoms with Gasteiger partial charge in [0, 0.05) is 11.5 Å². The highest BCUT2D eigenvalue weighted by Crippen LogP contribution is 2.63. The van der Waals surface area contributed by atoms with Gasteiger partial charge in [-0.05, 0) is 56.6 Å². The molecule has 6 nitrogen and oxygen atoms in total. The number of hydrogen-bond donors (Lipinski definition) is 1. The Hall–Kier alpha value is -1.95. The number of Topliss-reactive ketones (excluding diaryl/α,β-unsaturated/α-hetero) is 1. The summed E-state index contributed by atoms with van der Waals surface area (Å²) >= 11 is 0. The van der Waals surface area contributed by atoms with Crippen molar-refractivity contribution in [1.29, 1.82) is 0 Å². The van der Waals surface area contributed by atoms with Crippen molar-refractivity contribution in [3.63, 3.8) is 0 Å². The van der Waals surface area contributed by atoms with Gasteiger partial charge >= 0.3 is 11.9 Å². The lowest BCUT2D eigenvalue weighted by molar-refractivity contribution is -0.151. The highest BCUT2D eigenvalue weighted by molar-refractivity contribution is 6.04. The molecule has 140 valence electrons. The minimum atomic E-state index is -1.18. The minimum absolute atomic E-state index is 0.107. The molecular formula is C20H24O6. The summed E-state index contributed by atoms with van der Waals surface area (Å²) in [6, 6.07) is 0. The summed E-state index contributed by atoms with van der Waals surface area (Å²) in [4.78, 5) is 37.2. The second-order valence-electron chi connectivity index (χ2n) is 8.45. The van der Waals surface area contributed by atoms with E-state index >= 15 is 0 Å². The van der Waals surface area contributed by atoms with E-state index in [2.05, 4.69) is 6.92 Å². The van der Waals surface area contributed by atoms with Crippen molar-refractivity contribution in [3.05, 3.63) is 22.8 Å². The molecule has 2 aliphatic heterocycles. The number of carbonyl (C=O) groups excluding carboxylic acids is 3. The van der Waals surface area contributed by atoms with Gasteiger partial charge in [0.15, 0.2) is 11.9 Å². The highest BCUT2D eigenvalue weighted by Gasteiger charge is 2.66. The zero-order chi connectivity index (χ0) is 18.9. The molecule has 2 aliphatic carbocycles. The largest absolute Gasteiger partial charge is 0.453 e. The monoisotopic (exact) mass is 360 g/mol. The van der Waals surface area contributed by atoms with E-state index in [1.165, 1.54) is 6.08 Å². The van der Waals surface area contributed by atoms with Gasteiger partial charge in [0.2, 0.25) is 6.29 Å². The van der Waals surface area contributed by atoms with Crippen LogP contribution in [0, 0.1) is 16.7 Å². The first-order valence-electron chi connectivity index (χ1n) is 9.24. The molecule has 0 aromatic rings. The van der Waals surface area contributed by atoms with E-state index in [0.29, 0.717) is 24.0 Å². The smallest absolute Gasteiger partial charge is 0.336 e. The van der Waals surface area contributed by atoms with E-state index in [0.717, 1.165) is 24.8 Å². The third-order valence-electron chi connectivity index (χ3n) is 7.02. The van der Waals surface area contributed by atoms with Crippen LogP contribution in [0.1, 0.15) is 52.9 Å². The van der Waals surface area contributed by atoms with Crippen molar-refractivity contribution in [3.8, 4) is 0 Å². The normalized spacial score (nSPS) is 41.8. The van der Waals surface area contributed by atoms with Gasteiger partial charge in [-0.25, -0.2) is 4.79 Å². The second kappa shape index (κ2) is 5.52. The van der Waals surface area contributed by atoms with Crippen LogP contribution >= 0.6 is 0 Å². The summed E-state index contributed by atoms with van der Waals surface area (Å²) in [7, 11) is 0. The SMILES string of the molecule is CC1=C(CCC2=CC(O)OC2=O)[C@@]2(C)CCC[C@]3(C)C(=O)OC(C1=O)[C@@H]32. The summed E-state index contributed by atoms with van der Waals surface area (Å²) in [6.07, 6.45) is 3.04. The lowest BCUT2D eigenvalue weighted by atomic mass is 9.49. The molecule has 1 saturated carbocycles. The van der Waals surface area contributed by atoms with Crippen LogP contribution in [0.15, 0.2) is 22.8 Å². The number of aliphatic hydroxyl groups excluding tert-OH is 1. The molecule has 0 amide bonds. The van der Waals surface area contributed by atoms with Gasteiger partial charge in [0.1, 0.15) is 0 Å². The van der Waals surface area contributed by atoms with Gasteiger partial charge in [-0.15, -0.1) is 0 Å². The molecule has 2 unspecified atom stereocenters. The van der Waals surface area contributed by atoms with Crippen LogP contribution in [0.5, 0.6) is 0 Å². The number of aliphatic hydroxyl groups is 1. The molecule has 0 radical (unpaired) electrons. The third-order valence-corrected chi connectivity index (χ3v) is 7.02. The van der Waals surface area contributed by atoms with Crippen LogP contribution in [0.3, 0.4) is 0 Å². The first-order valence-corrected chi connectivity index (χ1v) is 9.24. The number of hydrogen-bond acceptors (Lipinski definition) is 6. The van der Waals surface area contributed by atoms with E-state index in [1.807, 2.05) is 6.92 Å². The molecular weight excluding hydrogens is 336 g/mol. The summed E-state index contributed by atoms with van der Waals surface area (Å²) in [5.41, 5.74) is 1.18. The number of esters is 2. The van der Waals surface area contributed by atoms with Gasteiger partial charge < -0.3 is 14.6 Å². The van der Waals surface area contributed by atoms with Crippen LogP contribution in [0.4, 0.5) is 0 Å². The molecule has 0 bridgehead atoms. The van der Waals surface area contributed by atoms with Gasteiger partial charge in [0.25, 0.3) is 0 Å². The standard InChI is InChI=1S/C20H24O6/c1-10-12(6-5-11-9-13(21)25-17(11)23)19(2)7-4-8-20(3)16(19)15(14(10)22)26-18(20)24/h9,13,15-16,21H,4-8H2,1-3H3/t13?,15?,16-,19-,20+/m1/s1. The maximum absolute atomic E-state index is 12.9. The molecule has 0 aromatic heterocycles. The van der Waals surface area contributed by atoms with Gasteiger partial charge in [0.05, 0.1) is 5.41 Å². The Labute approximate surface area is 152 Å². The van der Waals surface area contributed by atoms with Gasteiger partial charge in [-0.2, -0.15) is 0 Å². The Balaban J connectivity index is 1.70. The van der Waals surface area contributed by atoms with Crippen LogP contribution in [-0.4, -0.2) is 35.2 Å². The van der Waals surface area contributed by atoms with Crippen molar-refractivity contribution >= 4 is 17.7 Å². The number of rotatable bonds is 3. The van der Waals surface area contributed by atoms with Crippen molar-refractivity contribution in [2.75, 3.05) is 0 Å². The van der Waals surface area contributed by atoms with Crippen molar-refractivity contribution in [1.82, 2.24) is 0 Å². The van der Waals surface area contributed by atoms with E-state index in [-0.39, 0.29) is 23.1 Å². The quantitative estimate of drug-likeness (QED) is 0.776. The first-order chi connectivity index (χ1) is 12.2. The van der Waals surface area contributed by atoms with E-state index in [4.69, 9.17) is 9.47 Å². The summed E-state index contributed by atoms with van der Waals surface area (Å²) < 4.78 is 10.3. The van der Waals surface area contributed by atoms with Crippen molar-refractivity contribution in [2.45, 2.75) is 65.3 Å². The third kappa shape index (κ3) is 2.17. The van der Waals surface area contributed by atoms with Crippen LogP contribution in [0.25, 0.3) is 0 Å². The number of cyclic esters (lactones) is 1. The number of allylic oxidation sites excluding steroid dienone is 1. The Bertz CT molecular complexity index is 777. The molecule has 0 spiro atoms. The summed E-state index contributed by atoms with van der Waals surface area (Å²) in [6.45, 7) is 5.86. The molecule has 5 atom stereocenters. The summed E-state index contributed by atoms with van der Waals surface area (Å²) in [5.74, 6) is -1.03. The van der Waals surface area contributed by atoms with Gasteiger partial charge in [-0.3, -0.25) is 9.59 Å². The Morgan fingerprint density at radius 1 is 1.12 bits per heavy atom. The molecule has 4 aliphatic rings. The predicted octanol–water partition coefficient (Wildman–Crippen LogP) is 2.21. The minimum Gasteiger partial charge on any atom is -0.453 e. The fourth-order valence-corrected chi connectivity index (χ4v) is 5.76. The lowest BCUT2D eigenvalue weighted by Crippen LogP contribution is -2.52. The zero-order valence-electron chi connectivity index (χ0n) is 15.3. The maximum Gasteiger partial charge on any atom is 0.336 e. The topological polar surface area (TPSA) is 89.9 Å². The molecule has 6 heteroatoms. The van der Waals surface area contributed by atoms with Gasteiger partial charge in [-0.1, -0.05) is 18.9 Å². The van der Waals surface area contributed by atoms with Crippen LogP contribution in [-0.2, 0) is 23.9 Å². The Kier molecular flexibility index (Phi) is 3.71. The Morgan fingerprint density at radius 3 is 2.46 bits per heavy atom. The molecule has 2 fully saturated rings. The first kappa shape index (κ1) is 17.5. The highest BCUT2D eigenvalue weighted by atomic mass is 16.6. The molecule has 4 rings (SSSR count). The van der Waals surface area contributed by atoms with E-state index < -0.39 is 23.8 Å². The van der Waals surface area contributed by atoms with Crippen molar-refractivity contribution < 1.29 is 29.0 Å². The molecule has 26 heavy (non-hydrogen) atoms. The van der Waals surface area contributed by atoms with Crippen molar-refractivity contribution in [2.24, 2.45) is 16.7 Å². The van der Waals surface area contributed by atoms with Crippen LogP contribution < -0.4 is 0 Å². The molecule has 1 N–H and O–H groups in total.